The van der Waals surface area contributed by atoms with Crippen molar-refractivity contribution in [2.24, 2.45) is 0 Å². The van der Waals surface area contributed by atoms with Gasteiger partial charge in [-0.25, -0.2) is 4.98 Å². The van der Waals surface area contributed by atoms with Gasteiger partial charge in [-0.05, 0) is 37.0 Å². The Hall–Kier alpha value is -3.75. The molecule has 1 aromatic carbocycles. The molecule has 194 valence electrons. The van der Waals surface area contributed by atoms with Crippen molar-refractivity contribution in [1.82, 2.24) is 29.6 Å². The third kappa shape index (κ3) is 4.95. The number of hydrogen-bond donors (Lipinski definition) is 1. The van der Waals surface area contributed by atoms with E-state index < -0.39 is 0 Å². The van der Waals surface area contributed by atoms with Gasteiger partial charge in [-0.2, -0.15) is 10.1 Å². The number of aromatic nitrogens is 5. The Labute approximate surface area is 217 Å². The molecule has 3 aromatic heterocycles. The SMILES string of the molecule is CCC(CC)n1ncc2nc(N3CCN(C(C)=O)CC3)nc(N[C@H](CC)c3cnc4ccccc4c3)c21. The number of anilines is 2. The van der Waals surface area contributed by atoms with Crippen LogP contribution in [0.4, 0.5) is 11.8 Å². The number of para-hydroxylation sites is 1. The number of carbonyl (C=O) groups is 1. The van der Waals surface area contributed by atoms with Crippen LogP contribution in [0.5, 0.6) is 0 Å². The maximum absolute atomic E-state index is 11.8. The molecule has 5 rings (SSSR count). The minimum Gasteiger partial charge on any atom is -0.361 e. The fourth-order valence-electron chi connectivity index (χ4n) is 5.19. The molecule has 1 N–H and O–H groups in total. The third-order valence-electron chi connectivity index (χ3n) is 7.46. The monoisotopic (exact) mass is 500 g/mol. The number of hydrogen-bond acceptors (Lipinski definition) is 7. The molecule has 1 saturated heterocycles. The maximum atomic E-state index is 11.8. The van der Waals surface area contributed by atoms with Crippen LogP contribution in [-0.4, -0.2) is 61.7 Å². The Morgan fingerprint density at radius 1 is 0.973 bits per heavy atom. The molecule has 1 amide bonds. The Morgan fingerprint density at radius 3 is 2.43 bits per heavy atom. The number of nitrogens with zero attached hydrogens (tertiary/aromatic N) is 7. The van der Waals surface area contributed by atoms with Crippen LogP contribution in [0.2, 0.25) is 0 Å². The summed E-state index contributed by atoms with van der Waals surface area (Å²) in [6.45, 7) is 10.9. The zero-order valence-corrected chi connectivity index (χ0v) is 22.2. The maximum Gasteiger partial charge on any atom is 0.228 e. The van der Waals surface area contributed by atoms with E-state index in [0.717, 1.165) is 52.6 Å². The standard InChI is InChI=1S/C28H36N8O/c1-5-22(6-2)36-26-25(18-30-36)32-28(35-14-12-34(13-15-35)19(4)37)33-27(26)31-23(7-3)21-16-20-10-8-9-11-24(20)29-17-21/h8-11,16-18,22-23H,5-7,12-15H2,1-4H3,(H,31,32,33)/t23-/m1/s1. The second-order valence-electron chi connectivity index (χ2n) is 9.73. The molecule has 0 bridgehead atoms. The lowest BCUT2D eigenvalue weighted by Gasteiger charge is -2.34. The predicted molar refractivity (Wildman–Crippen MR) is 148 cm³/mol. The van der Waals surface area contributed by atoms with Crippen molar-refractivity contribution in [2.45, 2.75) is 59.0 Å². The number of carbonyl (C=O) groups excluding carboxylic acids is 1. The molecule has 37 heavy (non-hydrogen) atoms. The molecule has 1 aliphatic rings. The second kappa shape index (κ2) is 10.7. The minimum absolute atomic E-state index is 0.0302. The Kier molecular flexibility index (Phi) is 7.21. The van der Waals surface area contributed by atoms with Crippen LogP contribution in [0.3, 0.4) is 0 Å². The minimum atomic E-state index is 0.0302. The van der Waals surface area contributed by atoms with E-state index in [1.54, 1.807) is 6.92 Å². The first kappa shape index (κ1) is 24.9. The van der Waals surface area contributed by atoms with E-state index >= 15 is 0 Å². The molecular formula is C28H36N8O. The molecule has 4 heterocycles. The highest BCUT2D eigenvalue weighted by Gasteiger charge is 2.25. The normalized spacial score (nSPS) is 15.1. The highest BCUT2D eigenvalue weighted by atomic mass is 16.2. The van der Waals surface area contributed by atoms with E-state index in [1.165, 1.54) is 0 Å². The first-order valence-corrected chi connectivity index (χ1v) is 13.4. The summed E-state index contributed by atoms with van der Waals surface area (Å²) >= 11 is 0. The average molecular weight is 501 g/mol. The van der Waals surface area contributed by atoms with E-state index in [9.17, 15) is 4.79 Å². The zero-order chi connectivity index (χ0) is 25.9. The molecule has 4 aromatic rings. The lowest BCUT2D eigenvalue weighted by Crippen LogP contribution is -2.48. The van der Waals surface area contributed by atoms with Gasteiger partial charge in [0.15, 0.2) is 5.82 Å². The van der Waals surface area contributed by atoms with E-state index in [-0.39, 0.29) is 18.0 Å². The predicted octanol–water partition coefficient (Wildman–Crippen LogP) is 4.97. The van der Waals surface area contributed by atoms with Crippen molar-refractivity contribution < 1.29 is 4.79 Å². The number of piperazine rings is 1. The lowest BCUT2D eigenvalue weighted by atomic mass is 10.0. The van der Waals surface area contributed by atoms with Gasteiger partial charge < -0.3 is 15.1 Å². The number of benzene rings is 1. The number of pyridine rings is 1. The molecule has 1 fully saturated rings. The Bertz CT molecular complexity index is 1390. The molecule has 1 atom stereocenters. The zero-order valence-electron chi connectivity index (χ0n) is 22.2. The summed E-state index contributed by atoms with van der Waals surface area (Å²) in [6.07, 6.45) is 6.65. The summed E-state index contributed by atoms with van der Waals surface area (Å²) in [4.78, 5) is 30.5. The molecule has 0 unspecified atom stereocenters. The molecule has 9 heteroatoms. The molecule has 0 spiro atoms. The van der Waals surface area contributed by atoms with Crippen molar-refractivity contribution in [3.8, 4) is 0 Å². The smallest absolute Gasteiger partial charge is 0.228 e. The quantitative estimate of drug-likeness (QED) is 0.365. The third-order valence-corrected chi connectivity index (χ3v) is 7.46. The van der Waals surface area contributed by atoms with Crippen LogP contribution in [0.1, 0.15) is 64.6 Å². The lowest BCUT2D eigenvalue weighted by molar-refractivity contribution is -0.129. The van der Waals surface area contributed by atoms with Gasteiger partial charge in [-0.15, -0.1) is 0 Å². The van der Waals surface area contributed by atoms with Crippen LogP contribution in [0.15, 0.2) is 42.7 Å². The van der Waals surface area contributed by atoms with Crippen LogP contribution in [-0.2, 0) is 4.79 Å². The fraction of sp³-hybridized carbons (Fsp3) is 0.464. The molecule has 9 nitrogen and oxygen atoms in total. The van der Waals surface area contributed by atoms with E-state index in [1.807, 2.05) is 35.5 Å². The van der Waals surface area contributed by atoms with Gasteiger partial charge in [0, 0.05) is 44.7 Å². The largest absolute Gasteiger partial charge is 0.361 e. The Balaban J connectivity index is 1.54. The number of fused-ring (bicyclic) bond motifs is 2. The molecule has 0 radical (unpaired) electrons. The van der Waals surface area contributed by atoms with Crippen LogP contribution in [0.25, 0.3) is 21.9 Å². The van der Waals surface area contributed by atoms with Crippen molar-refractivity contribution >= 4 is 39.6 Å². The second-order valence-corrected chi connectivity index (χ2v) is 9.73. The molecular weight excluding hydrogens is 464 g/mol. The molecule has 0 aliphatic carbocycles. The summed E-state index contributed by atoms with van der Waals surface area (Å²) < 4.78 is 2.08. The van der Waals surface area contributed by atoms with Gasteiger partial charge in [0.25, 0.3) is 0 Å². The summed E-state index contributed by atoms with van der Waals surface area (Å²) in [5.74, 6) is 1.58. The van der Waals surface area contributed by atoms with E-state index in [2.05, 4.69) is 47.8 Å². The highest BCUT2D eigenvalue weighted by Crippen LogP contribution is 2.32. The number of rotatable bonds is 8. The van der Waals surface area contributed by atoms with E-state index in [4.69, 9.17) is 20.1 Å². The fourth-order valence-corrected chi connectivity index (χ4v) is 5.19. The van der Waals surface area contributed by atoms with Crippen molar-refractivity contribution in [1.29, 1.82) is 0 Å². The van der Waals surface area contributed by atoms with Crippen molar-refractivity contribution in [2.75, 3.05) is 36.4 Å². The number of nitrogens with one attached hydrogen (secondary N) is 1. The summed E-state index contributed by atoms with van der Waals surface area (Å²) in [5, 5.41) is 9.63. The first-order valence-electron chi connectivity index (χ1n) is 13.4. The first-order chi connectivity index (χ1) is 18.0. The molecule has 0 saturated carbocycles. The van der Waals surface area contributed by atoms with Crippen molar-refractivity contribution in [3.63, 3.8) is 0 Å². The summed E-state index contributed by atoms with van der Waals surface area (Å²) in [5.41, 5.74) is 3.88. The van der Waals surface area contributed by atoms with Gasteiger partial charge in [-0.3, -0.25) is 14.5 Å². The van der Waals surface area contributed by atoms with Gasteiger partial charge in [-0.1, -0.05) is 39.0 Å². The average Bonchev–Trinajstić information content (AvgIpc) is 3.36. The summed E-state index contributed by atoms with van der Waals surface area (Å²) in [7, 11) is 0. The van der Waals surface area contributed by atoms with Crippen LogP contribution >= 0.6 is 0 Å². The number of amides is 1. The topological polar surface area (TPSA) is 92.1 Å². The highest BCUT2D eigenvalue weighted by molar-refractivity contribution is 5.87. The van der Waals surface area contributed by atoms with Gasteiger partial charge >= 0.3 is 0 Å². The van der Waals surface area contributed by atoms with E-state index in [0.29, 0.717) is 32.1 Å². The van der Waals surface area contributed by atoms with Gasteiger partial charge in [0.2, 0.25) is 11.9 Å². The summed E-state index contributed by atoms with van der Waals surface area (Å²) in [6, 6.07) is 10.7. The van der Waals surface area contributed by atoms with Gasteiger partial charge in [0.1, 0.15) is 11.0 Å². The van der Waals surface area contributed by atoms with Crippen LogP contribution < -0.4 is 10.2 Å². The molecule has 1 aliphatic heterocycles. The van der Waals surface area contributed by atoms with Crippen LogP contribution in [0, 0.1) is 0 Å². The van der Waals surface area contributed by atoms with Crippen molar-refractivity contribution in [3.05, 3.63) is 48.3 Å². The Morgan fingerprint density at radius 2 is 1.73 bits per heavy atom. The van der Waals surface area contributed by atoms with Gasteiger partial charge in [0.05, 0.1) is 23.8 Å².